The van der Waals surface area contributed by atoms with Gasteiger partial charge in [-0.15, -0.1) is 0 Å². The Morgan fingerprint density at radius 2 is 1.97 bits per heavy atom. The van der Waals surface area contributed by atoms with Crippen molar-refractivity contribution in [2.75, 3.05) is 30.8 Å². The predicted octanol–water partition coefficient (Wildman–Crippen LogP) is 2.53. The van der Waals surface area contributed by atoms with E-state index < -0.39 is 16.4 Å². The number of sulfonamides is 1. The molecule has 2 atom stereocenters. The van der Waals surface area contributed by atoms with Crippen LogP contribution in [0.15, 0.2) is 30.7 Å². The first-order valence-corrected chi connectivity index (χ1v) is 12.8. The van der Waals surface area contributed by atoms with Gasteiger partial charge in [-0.3, -0.25) is 0 Å². The lowest BCUT2D eigenvalue weighted by molar-refractivity contribution is 0.144. The van der Waals surface area contributed by atoms with Gasteiger partial charge in [0, 0.05) is 25.7 Å². The number of alkyl halides is 2. The molecule has 1 saturated carbocycles. The Morgan fingerprint density at radius 1 is 1.15 bits per heavy atom. The van der Waals surface area contributed by atoms with Crippen LogP contribution in [0.2, 0.25) is 0 Å². The highest BCUT2D eigenvalue weighted by Crippen LogP contribution is 2.43. The smallest absolute Gasteiger partial charge is 0.282 e. The molecule has 0 bridgehead atoms. The Balaban J connectivity index is 1.43. The summed E-state index contributed by atoms with van der Waals surface area (Å²) in [4.78, 5) is 15.2. The number of hydrogen-bond donors (Lipinski definition) is 1. The molecule has 1 saturated heterocycles. The molecule has 0 aromatic carbocycles. The van der Waals surface area contributed by atoms with Crippen molar-refractivity contribution in [3.63, 3.8) is 0 Å². The maximum atomic E-state index is 13.2. The van der Waals surface area contributed by atoms with Crippen molar-refractivity contribution in [3.8, 4) is 11.4 Å². The van der Waals surface area contributed by atoms with Gasteiger partial charge in [-0.05, 0) is 49.1 Å². The number of halogens is 2. The highest BCUT2D eigenvalue weighted by atomic mass is 32.2. The summed E-state index contributed by atoms with van der Waals surface area (Å²) in [6, 6.07) is 4.58. The largest absolute Gasteiger partial charge is 0.356 e. The molecule has 3 aromatic heterocycles. The van der Waals surface area contributed by atoms with E-state index in [1.54, 1.807) is 6.20 Å². The van der Waals surface area contributed by atoms with Crippen LogP contribution in [0.1, 0.15) is 31.4 Å². The first-order chi connectivity index (χ1) is 15.8. The first-order valence-electron chi connectivity index (χ1n) is 10.9. The lowest BCUT2D eigenvalue weighted by Gasteiger charge is -2.39. The fraction of sp³-hybridized carbons (Fsp3) is 0.524. The van der Waals surface area contributed by atoms with E-state index >= 15 is 0 Å². The topological polar surface area (TPSA) is 105 Å². The summed E-state index contributed by atoms with van der Waals surface area (Å²) in [5.41, 5.74) is 1.15. The predicted molar refractivity (Wildman–Crippen MR) is 118 cm³/mol. The Kier molecular flexibility index (Phi) is 5.73. The molecule has 4 heterocycles. The molecule has 2 fully saturated rings. The molecule has 5 rings (SSSR count). The lowest BCUT2D eigenvalue weighted by atomic mass is 9.86. The number of nitrogens with one attached hydrogen (secondary N) is 1. The monoisotopic (exact) mass is 477 g/mol. The van der Waals surface area contributed by atoms with E-state index in [0.29, 0.717) is 42.0 Å². The van der Waals surface area contributed by atoms with Crippen LogP contribution < -0.4 is 9.62 Å². The Hall–Kier alpha value is -2.73. The SMILES string of the molecule is CS(=O)(=O)NC[C@H]1C[C@@H](C2CC2)CN(c2cc(-c3cnc4ccc(C(F)F)nn34)ncn2)C1. The molecule has 33 heavy (non-hydrogen) atoms. The first kappa shape index (κ1) is 22.1. The van der Waals surface area contributed by atoms with Gasteiger partial charge in [0.2, 0.25) is 10.0 Å². The second-order valence-electron chi connectivity index (χ2n) is 8.96. The van der Waals surface area contributed by atoms with Crippen LogP contribution in [0, 0.1) is 17.8 Å². The third-order valence-electron chi connectivity index (χ3n) is 6.34. The van der Waals surface area contributed by atoms with Gasteiger partial charge in [0.15, 0.2) is 5.65 Å². The molecule has 1 aliphatic heterocycles. The molecular formula is C21H25F2N7O2S. The molecule has 2 aliphatic rings. The summed E-state index contributed by atoms with van der Waals surface area (Å²) in [6.45, 7) is 1.91. The highest BCUT2D eigenvalue weighted by Gasteiger charge is 2.38. The molecule has 0 spiro atoms. The molecule has 9 nitrogen and oxygen atoms in total. The van der Waals surface area contributed by atoms with E-state index in [9.17, 15) is 17.2 Å². The number of nitrogens with zero attached hydrogens (tertiary/aromatic N) is 6. The van der Waals surface area contributed by atoms with Crippen LogP contribution in [0.5, 0.6) is 0 Å². The zero-order valence-electron chi connectivity index (χ0n) is 18.1. The van der Waals surface area contributed by atoms with Crippen molar-refractivity contribution in [2.45, 2.75) is 25.7 Å². The van der Waals surface area contributed by atoms with Gasteiger partial charge >= 0.3 is 0 Å². The molecule has 1 aliphatic carbocycles. The van der Waals surface area contributed by atoms with Crippen LogP contribution in [-0.2, 0) is 10.0 Å². The third-order valence-corrected chi connectivity index (χ3v) is 7.03. The maximum Gasteiger partial charge on any atom is 0.282 e. The summed E-state index contributed by atoms with van der Waals surface area (Å²) < 4.78 is 53.5. The van der Waals surface area contributed by atoms with Crippen LogP contribution in [-0.4, -0.2) is 58.9 Å². The number of piperidine rings is 1. The van der Waals surface area contributed by atoms with Crippen molar-refractivity contribution < 1.29 is 17.2 Å². The Morgan fingerprint density at radius 3 is 2.70 bits per heavy atom. The quantitative estimate of drug-likeness (QED) is 0.557. The van der Waals surface area contributed by atoms with Gasteiger partial charge in [0.25, 0.3) is 6.43 Å². The maximum absolute atomic E-state index is 13.2. The zero-order valence-corrected chi connectivity index (χ0v) is 18.9. The minimum absolute atomic E-state index is 0.170. The summed E-state index contributed by atoms with van der Waals surface area (Å²) >= 11 is 0. The molecule has 0 unspecified atom stereocenters. The number of hydrogen-bond acceptors (Lipinski definition) is 7. The molecule has 12 heteroatoms. The van der Waals surface area contributed by atoms with Gasteiger partial charge in [-0.25, -0.2) is 41.4 Å². The third kappa shape index (κ3) is 4.96. The number of rotatable bonds is 7. The number of fused-ring (bicyclic) bond motifs is 1. The van der Waals surface area contributed by atoms with Crippen molar-refractivity contribution >= 4 is 21.5 Å². The van der Waals surface area contributed by atoms with Gasteiger partial charge in [0.05, 0.1) is 18.1 Å². The fourth-order valence-corrected chi connectivity index (χ4v) is 5.14. The minimum Gasteiger partial charge on any atom is -0.356 e. The minimum atomic E-state index is -3.26. The van der Waals surface area contributed by atoms with E-state index in [0.717, 1.165) is 18.8 Å². The van der Waals surface area contributed by atoms with Crippen LogP contribution in [0.4, 0.5) is 14.6 Å². The second kappa shape index (κ2) is 8.56. The fourth-order valence-electron chi connectivity index (χ4n) is 4.60. The van der Waals surface area contributed by atoms with Gasteiger partial charge < -0.3 is 4.90 Å². The van der Waals surface area contributed by atoms with Gasteiger partial charge in [-0.2, -0.15) is 5.10 Å². The summed E-state index contributed by atoms with van der Waals surface area (Å²) in [6.07, 6.45) is 4.90. The number of aromatic nitrogens is 5. The van der Waals surface area contributed by atoms with Crippen LogP contribution in [0.25, 0.3) is 17.0 Å². The van der Waals surface area contributed by atoms with Gasteiger partial charge in [-0.1, -0.05) is 0 Å². The van der Waals surface area contributed by atoms with Crippen molar-refractivity contribution in [1.29, 1.82) is 0 Å². The average Bonchev–Trinajstić information content (AvgIpc) is 3.56. The molecule has 3 aromatic rings. The van der Waals surface area contributed by atoms with Crippen molar-refractivity contribution in [3.05, 3.63) is 36.4 Å². The molecule has 0 radical (unpaired) electrons. The second-order valence-corrected chi connectivity index (χ2v) is 10.8. The van der Waals surface area contributed by atoms with Crippen LogP contribution in [0.3, 0.4) is 0 Å². The number of imidazole rings is 1. The van der Waals surface area contributed by atoms with Crippen molar-refractivity contribution in [2.24, 2.45) is 17.8 Å². The molecule has 1 N–H and O–H groups in total. The Labute approximate surface area is 190 Å². The normalized spacial score (nSPS) is 21.8. The van der Waals surface area contributed by atoms with E-state index in [-0.39, 0.29) is 11.6 Å². The van der Waals surface area contributed by atoms with Gasteiger partial charge in [0.1, 0.15) is 23.5 Å². The average molecular weight is 478 g/mol. The van der Waals surface area contributed by atoms with E-state index in [2.05, 4.69) is 29.7 Å². The molecule has 0 amide bonds. The Bertz CT molecular complexity index is 1260. The standard InChI is InChI=1S/C21H25F2N7O2S/c1-33(31,32)27-8-13-6-15(14-2-3-14)11-29(10-13)20-7-17(25-12-26-20)18-9-24-19-5-4-16(21(22)23)28-30(18)19/h4-5,7,9,12-15,21,27H,2-3,6,8,10-11H2,1H3/t13-,15-/m1/s1. The summed E-state index contributed by atoms with van der Waals surface area (Å²) in [5, 5.41) is 4.02. The summed E-state index contributed by atoms with van der Waals surface area (Å²) in [5.74, 6) is 2.04. The van der Waals surface area contributed by atoms with E-state index in [4.69, 9.17) is 0 Å². The highest BCUT2D eigenvalue weighted by molar-refractivity contribution is 7.88. The molecular weight excluding hydrogens is 452 g/mol. The van der Waals surface area contributed by atoms with Crippen molar-refractivity contribution in [1.82, 2.24) is 29.3 Å². The molecule has 176 valence electrons. The summed E-state index contributed by atoms with van der Waals surface area (Å²) in [7, 11) is -3.26. The van der Waals surface area contributed by atoms with E-state index in [1.807, 2.05) is 6.07 Å². The van der Waals surface area contributed by atoms with E-state index in [1.165, 1.54) is 42.1 Å². The van der Waals surface area contributed by atoms with Crippen LogP contribution >= 0.6 is 0 Å². The lowest BCUT2D eigenvalue weighted by Crippen LogP contribution is -2.45. The number of anilines is 1. The zero-order chi connectivity index (χ0) is 23.2.